The lowest BCUT2D eigenvalue weighted by molar-refractivity contribution is -0.196. The predicted octanol–water partition coefficient (Wildman–Crippen LogP) is -1.00. The maximum Gasteiger partial charge on any atom is 0.235 e. The van der Waals surface area contributed by atoms with E-state index in [1.807, 2.05) is 0 Å². The fourth-order valence-corrected chi connectivity index (χ4v) is 6.31. The maximum absolute atomic E-state index is 13.9. The van der Waals surface area contributed by atoms with E-state index in [1.54, 1.807) is 25.1 Å². The van der Waals surface area contributed by atoms with E-state index in [0.717, 1.165) is 0 Å². The molecule has 0 bridgehead atoms. The highest BCUT2D eigenvalue weighted by atomic mass is 16.3. The van der Waals surface area contributed by atoms with Gasteiger partial charge in [0.15, 0.2) is 34.7 Å². The molecule has 0 saturated heterocycles. The molecular formula is C25H29N3O8. The number of carbonyl (C=O) groups excluding carboxylic acids is 5. The number of fused-ring (bicyclic) bond motifs is 3. The number of nitrogens with one attached hydrogen (secondary N) is 1. The lowest BCUT2D eigenvalue weighted by atomic mass is 9.49. The number of anilines is 1. The molecule has 3 aliphatic carbocycles. The summed E-state index contributed by atoms with van der Waals surface area (Å²) in [5.41, 5.74) is 2.72. The average molecular weight is 500 g/mol. The van der Waals surface area contributed by atoms with Crippen LogP contribution in [-0.4, -0.2) is 87.6 Å². The third-order valence-electron chi connectivity index (χ3n) is 7.93. The number of phenols is 1. The number of rotatable bonds is 5. The molecule has 6 N–H and O–H groups in total. The molecule has 2 saturated carbocycles. The number of Topliss-reactive ketones (excluding diaryl/α,β-unsaturated/α-hetero) is 4. The van der Waals surface area contributed by atoms with Crippen LogP contribution in [0.2, 0.25) is 0 Å². The van der Waals surface area contributed by atoms with Crippen molar-refractivity contribution in [3.8, 4) is 5.75 Å². The number of nitrogens with zero attached hydrogens (tertiary/aromatic N) is 1. The second-order valence-corrected chi connectivity index (χ2v) is 9.96. The monoisotopic (exact) mass is 499 g/mol. The molecule has 1 aromatic carbocycles. The Morgan fingerprint density at radius 3 is 2.42 bits per heavy atom. The molecular weight excluding hydrogens is 470 g/mol. The second kappa shape index (κ2) is 8.61. The minimum atomic E-state index is -3.01. The van der Waals surface area contributed by atoms with Gasteiger partial charge >= 0.3 is 0 Å². The lowest BCUT2D eigenvalue weighted by Gasteiger charge is -2.56. The Morgan fingerprint density at radius 1 is 1.22 bits per heavy atom. The zero-order valence-corrected chi connectivity index (χ0v) is 20.1. The highest BCUT2D eigenvalue weighted by Crippen LogP contribution is 2.55. The van der Waals surface area contributed by atoms with E-state index in [4.69, 9.17) is 5.73 Å². The number of benzene rings is 1. The molecule has 1 amide bonds. The molecule has 36 heavy (non-hydrogen) atoms. The number of carbonyl (C=O) groups is 5. The van der Waals surface area contributed by atoms with Gasteiger partial charge in [0.2, 0.25) is 5.91 Å². The number of phenolic OH excluding ortho intramolecular Hbond substituents is 1. The van der Waals surface area contributed by atoms with E-state index in [-0.39, 0.29) is 17.8 Å². The number of aromatic hydroxyl groups is 1. The van der Waals surface area contributed by atoms with Gasteiger partial charge in [-0.3, -0.25) is 28.9 Å². The van der Waals surface area contributed by atoms with Crippen molar-refractivity contribution < 1.29 is 39.3 Å². The summed E-state index contributed by atoms with van der Waals surface area (Å²) in [4.78, 5) is 67.3. The number of amides is 1. The minimum Gasteiger partial charge on any atom is -0.505 e. The minimum absolute atomic E-state index is 0.157. The van der Waals surface area contributed by atoms with Crippen LogP contribution in [-0.2, 0) is 19.2 Å². The van der Waals surface area contributed by atoms with E-state index in [0.29, 0.717) is 5.56 Å². The van der Waals surface area contributed by atoms with E-state index in [2.05, 4.69) is 11.9 Å². The fourth-order valence-electron chi connectivity index (χ4n) is 6.31. The maximum atomic E-state index is 13.9. The molecule has 0 radical (unpaired) electrons. The molecule has 0 heterocycles. The van der Waals surface area contributed by atoms with Gasteiger partial charge in [-0.05, 0) is 31.6 Å². The lowest BCUT2D eigenvalue weighted by Crippen LogP contribution is -2.77. The number of ketones is 4. The van der Waals surface area contributed by atoms with Crippen molar-refractivity contribution in [1.29, 1.82) is 0 Å². The van der Waals surface area contributed by atoms with Crippen LogP contribution in [0, 0.1) is 23.7 Å². The molecule has 0 aliphatic heterocycles. The van der Waals surface area contributed by atoms with Crippen LogP contribution in [0.1, 0.15) is 28.8 Å². The Morgan fingerprint density at radius 2 is 1.86 bits per heavy atom. The standard InChI is InChI=1S/C25H29N3O8/c1-5-8-27-11-7-6-10-9(2)12-14(19(30)13(10)18(11)29)22(33)25(36)16(20(12)31)17(28(3)4)21(32)15(23(25)34)24(26)35/h5-7,9,12,14-17,20,27,29,31,36H,1,8H2,2-4H3,(H2,26,35). The first-order valence-corrected chi connectivity index (χ1v) is 11.6. The summed E-state index contributed by atoms with van der Waals surface area (Å²) in [5.74, 6) is -13.4. The van der Waals surface area contributed by atoms with Crippen molar-refractivity contribution >= 4 is 34.7 Å². The van der Waals surface area contributed by atoms with Crippen molar-refractivity contribution in [2.45, 2.75) is 30.6 Å². The number of aliphatic hydroxyl groups excluding tert-OH is 1. The van der Waals surface area contributed by atoms with Crippen molar-refractivity contribution in [2.75, 3.05) is 26.0 Å². The zero-order chi connectivity index (χ0) is 26.9. The molecule has 11 nitrogen and oxygen atoms in total. The van der Waals surface area contributed by atoms with Gasteiger partial charge in [0, 0.05) is 12.5 Å². The Kier molecular flexibility index (Phi) is 6.14. The summed E-state index contributed by atoms with van der Waals surface area (Å²) in [7, 11) is 2.89. The SMILES string of the molecule is C=CCNc1ccc2c(c1O)C(=O)C1C(=O)C3(O)C(=O)C(C(N)=O)C(=O)C(N(C)C)C3C(O)C1C2C. The number of hydrogen-bond donors (Lipinski definition) is 5. The van der Waals surface area contributed by atoms with Crippen LogP contribution >= 0.6 is 0 Å². The van der Waals surface area contributed by atoms with E-state index < -0.39 is 82.1 Å². The average Bonchev–Trinajstić information content (AvgIpc) is 2.80. The third kappa shape index (κ3) is 3.19. The molecule has 1 aromatic rings. The van der Waals surface area contributed by atoms with Crippen molar-refractivity contribution in [1.82, 2.24) is 4.90 Å². The Balaban J connectivity index is 1.92. The first-order valence-electron chi connectivity index (χ1n) is 11.6. The zero-order valence-electron chi connectivity index (χ0n) is 20.1. The molecule has 8 unspecified atom stereocenters. The first kappa shape index (κ1) is 25.7. The highest BCUT2D eigenvalue weighted by Gasteiger charge is 2.72. The summed E-state index contributed by atoms with van der Waals surface area (Å²) in [5, 5.41) is 36.9. The van der Waals surface area contributed by atoms with Crippen LogP contribution in [0.4, 0.5) is 5.69 Å². The predicted molar refractivity (Wildman–Crippen MR) is 126 cm³/mol. The van der Waals surface area contributed by atoms with Crippen molar-refractivity contribution in [3.05, 3.63) is 35.9 Å². The van der Waals surface area contributed by atoms with Gasteiger partial charge in [0.05, 0.1) is 35.2 Å². The number of primary amides is 1. The van der Waals surface area contributed by atoms with Crippen molar-refractivity contribution in [3.63, 3.8) is 0 Å². The highest BCUT2D eigenvalue weighted by molar-refractivity contribution is 6.32. The Labute approximate surface area is 206 Å². The van der Waals surface area contributed by atoms with Crippen LogP contribution in [0.15, 0.2) is 24.8 Å². The molecule has 8 atom stereocenters. The third-order valence-corrected chi connectivity index (χ3v) is 7.93. The molecule has 4 rings (SSSR count). The molecule has 192 valence electrons. The quantitative estimate of drug-likeness (QED) is 0.191. The fraction of sp³-hybridized carbons (Fsp3) is 0.480. The number of likely N-dealkylation sites (N-methyl/N-ethyl adjacent to an activating group) is 1. The summed E-state index contributed by atoms with van der Waals surface area (Å²) in [6.07, 6.45) is -0.109. The number of nitrogens with two attached hydrogens (primary N) is 1. The molecule has 3 aliphatic rings. The van der Waals surface area contributed by atoms with E-state index >= 15 is 0 Å². The Hall–Kier alpha value is -3.41. The first-order chi connectivity index (χ1) is 16.8. The summed E-state index contributed by atoms with van der Waals surface area (Å²) >= 11 is 0. The van der Waals surface area contributed by atoms with Crippen LogP contribution < -0.4 is 11.1 Å². The second-order valence-electron chi connectivity index (χ2n) is 9.96. The molecule has 0 spiro atoms. The Bertz CT molecular complexity index is 1210. The van der Waals surface area contributed by atoms with Gasteiger partial charge in [-0.2, -0.15) is 0 Å². The smallest absolute Gasteiger partial charge is 0.235 e. The van der Waals surface area contributed by atoms with Crippen LogP contribution in [0.3, 0.4) is 0 Å². The van der Waals surface area contributed by atoms with Crippen LogP contribution in [0.5, 0.6) is 5.75 Å². The van der Waals surface area contributed by atoms with E-state index in [1.165, 1.54) is 19.0 Å². The number of hydrogen-bond acceptors (Lipinski definition) is 10. The van der Waals surface area contributed by atoms with Gasteiger partial charge in [0.1, 0.15) is 5.75 Å². The molecule has 0 aromatic heterocycles. The number of aliphatic hydroxyl groups is 2. The van der Waals surface area contributed by atoms with Gasteiger partial charge in [0.25, 0.3) is 0 Å². The molecule has 11 heteroatoms. The van der Waals surface area contributed by atoms with Gasteiger partial charge < -0.3 is 26.4 Å². The van der Waals surface area contributed by atoms with Gasteiger partial charge in [-0.25, -0.2) is 0 Å². The van der Waals surface area contributed by atoms with Gasteiger partial charge in [-0.15, -0.1) is 6.58 Å². The summed E-state index contributed by atoms with van der Waals surface area (Å²) in [6.45, 7) is 5.52. The normalized spacial score (nSPS) is 35.7. The summed E-state index contributed by atoms with van der Waals surface area (Å²) in [6, 6.07) is 1.76. The summed E-state index contributed by atoms with van der Waals surface area (Å²) < 4.78 is 0. The van der Waals surface area contributed by atoms with Crippen molar-refractivity contribution in [2.24, 2.45) is 29.4 Å². The molecule has 2 fully saturated rings. The van der Waals surface area contributed by atoms with Gasteiger partial charge in [-0.1, -0.05) is 19.1 Å². The van der Waals surface area contributed by atoms with Crippen LogP contribution in [0.25, 0.3) is 0 Å². The van der Waals surface area contributed by atoms with E-state index in [9.17, 15) is 39.3 Å². The topological polar surface area (TPSA) is 187 Å². The largest absolute Gasteiger partial charge is 0.505 e.